The van der Waals surface area contributed by atoms with Crippen LogP contribution in [0.15, 0.2) is 29.2 Å². The van der Waals surface area contributed by atoms with E-state index in [0.29, 0.717) is 22.6 Å². The first kappa shape index (κ1) is 19.1. The zero-order valence-electron chi connectivity index (χ0n) is 17.0. The summed E-state index contributed by atoms with van der Waals surface area (Å²) in [6.45, 7) is 7.71. The van der Waals surface area contributed by atoms with Crippen molar-refractivity contribution in [3.8, 4) is 0 Å². The molecule has 1 fully saturated rings. The van der Waals surface area contributed by atoms with Gasteiger partial charge in [0.05, 0.1) is 17.1 Å². The maximum absolute atomic E-state index is 12.7. The summed E-state index contributed by atoms with van der Waals surface area (Å²) < 4.78 is 0. The van der Waals surface area contributed by atoms with Crippen LogP contribution < -0.4 is 21.2 Å². The molecule has 2 aromatic heterocycles. The van der Waals surface area contributed by atoms with Crippen molar-refractivity contribution >= 4 is 28.4 Å². The van der Waals surface area contributed by atoms with E-state index >= 15 is 0 Å². The zero-order valence-corrected chi connectivity index (χ0v) is 17.0. The van der Waals surface area contributed by atoms with E-state index in [0.717, 1.165) is 48.8 Å². The molecule has 0 amide bonds. The molecule has 8 nitrogen and oxygen atoms in total. The molecule has 0 bridgehead atoms. The van der Waals surface area contributed by atoms with E-state index in [1.807, 2.05) is 32.0 Å². The highest BCUT2D eigenvalue weighted by Gasteiger charge is 2.18. The van der Waals surface area contributed by atoms with Crippen molar-refractivity contribution < 1.29 is 4.98 Å². The molecule has 0 aliphatic carbocycles. The molecule has 0 saturated carbocycles. The number of nitrogens with zero attached hydrogens (tertiary/aromatic N) is 4. The molecule has 3 heterocycles. The summed E-state index contributed by atoms with van der Waals surface area (Å²) >= 11 is 0. The Morgan fingerprint density at radius 1 is 1.24 bits per heavy atom. The van der Waals surface area contributed by atoms with E-state index in [1.165, 1.54) is 0 Å². The topological polar surface area (TPSA) is 105 Å². The molecule has 150 valence electrons. The first-order chi connectivity index (χ1) is 13.9. The number of hydrogen-bond donors (Lipinski definition) is 2. The Morgan fingerprint density at radius 3 is 2.72 bits per heavy atom. The number of anilines is 1. The van der Waals surface area contributed by atoms with Crippen LogP contribution in [0.25, 0.3) is 22.7 Å². The van der Waals surface area contributed by atoms with Gasteiger partial charge in [-0.05, 0) is 45.2 Å². The molecular formula is C21H26N7O+. The summed E-state index contributed by atoms with van der Waals surface area (Å²) in [5, 5.41) is 0.615. The van der Waals surface area contributed by atoms with Crippen LogP contribution in [0.4, 0.5) is 5.69 Å². The molecule has 1 saturated heterocycles. The number of piperazine rings is 1. The van der Waals surface area contributed by atoms with Gasteiger partial charge in [-0.3, -0.25) is 9.97 Å². The van der Waals surface area contributed by atoms with Gasteiger partial charge in [0.15, 0.2) is 0 Å². The smallest absolute Gasteiger partial charge is 0.343 e. The van der Waals surface area contributed by atoms with Gasteiger partial charge in [0.1, 0.15) is 16.6 Å². The van der Waals surface area contributed by atoms with Crippen molar-refractivity contribution in [2.75, 3.05) is 38.1 Å². The lowest BCUT2D eigenvalue weighted by atomic mass is 10.2. The third-order valence-electron chi connectivity index (χ3n) is 5.30. The molecule has 1 aliphatic rings. The van der Waals surface area contributed by atoms with Gasteiger partial charge < -0.3 is 15.5 Å². The number of aromatic nitrogens is 4. The summed E-state index contributed by atoms with van der Waals surface area (Å²) in [4.78, 5) is 32.2. The first-order valence-corrected chi connectivity index (χ1v) is 9.71. The zero-order chi connectivity index (χ0) is 20.5. The monoisotopic (exact) mass is 392 g/mol. The summed E-state index contributed by atoms with van der Waals surface area (Å²) in [5.41, 5.74) is 10.6. The van der Waals surface area contributed by atoms with Crippen LogP contribution in [0.1, 0.15) is 22.9 Å². The third kappa shape index (κ3) is 3.97. The van der Waals surface area contributed by atoms with Crippen molar-refractivity contribution in [1.82, 2.24) is 19.9 Å². The number of fused-ring (bicyclic) bond motifs is 1. The number of aryl methyl sites for hydroxylation is 2. The Bertz CT molecular complexity index is 1140. The molecule has 0 spiro atoms. The number of aromatic amines is 2. The lowest BCUT2D eigenvalue weighted by Gasteiger charge is -2.34. The average molecular weight is 392 g/mol. The van der Waals surface area contributed by atoms with Gasteiger partial charge in [-0.25, -0.2) is 14.8 Å². The number of hydrogen-bond acceptors (Lipinski definition) is 6. The average Bonchev–Trinajstić information content (AvgIpc) is 2.70. The fourth-order valence-electron chi connectivity index (χ4n) is 3.55. The van der Waals surface area contributed by atoms with E-state index in [4.69, 9.17) is 5.73 Å². The lowest BCUT2D eigenvalue weighted by Crippen LogP contribution is -2.44. The van der Waals surface area contributed by atoms with Crippen molar-refractivity contribution in [3.05, 3.63) is 57.7 Å². The number of nitrogens with one attached hydrogen (secondary N) is 2. The molecule has 3 aromatic rings. The fourth-order valence-corrected chi connectivity index (χ4v) is 3.55. The lowest BCUT2D eigenvalue weighted by molar-refractivity contribution is -0.354. The van der Waals surface area contributed by atoms with Crippen molar-refractivity contribution in [1.29, 1.82) is 0 Å². The second kappa shape index (κ2) is 7.63. The van der Waals surface area contributed by atoms with Gasteiger partial charge in [-0.1, -0.05) is 0 Å². The minimum atomic E-state index is -0.173. The predicted molar refractivity (Wildman–Crippen MR) is 114 cm³/mol. The van der Waals surface area contributed by atoms with Crippen LogP contribution in [0.5, 0.6) is 0 Å². The van der Waals surface area contributed by atoms with E-state index in [-0.39, 0.29) is 5.56 Å². The minimum absolute atomic E-state index is 0.173. The maximum Gasteiger partial charge on any atom is 0.343 e. The first-order valence-electron chi connectivity index (χ1n) is 9.71. The van der Waals surface area contributed by atoms with E-state index in [1.54, 1.807) is 12.3 Å². The van der Waals surface area contributed by atoms with Crippen LogP contribution in [0.3, 0.4) is 0 Å². The molecule has 4 N–H and O–H groups in total. The minimum Gasteiger partial charge on any atom is -0.392 e. The molecule has 1 aromatic carbocycles. The Hall–Kier alpha value is -3.26. The Labute approximate surface area is 169 Å². The van der Waals surface area contributed by atoms with Gasteiger partial charge in [0.25, 0.3) is 0 Å². The van der Waals surface area contributed by atoms with Gasteiger partial charge in [-0.15, -0.1) is 0 Å². The highest BCUT2D eigenvalue weighted by molar-refractivity contribution is 5.81. The highest BCUT2D eigenvalue weighted by atomic mass is 16.1. The third-order valence-corrected chi connectivity index (χ3v) is 5.30. The Balaban J connectivity index is 1.67. The van der Waals surface area contributed by atoms with Crippen LogP contribution in [-0.2, 0) is 0 Å². The van der Waals surface area contributed by atoms with Gasteiger partial charge in [0.2, 0.25) is 0 Å². The van der Waals surface area contributed by atoms with Crippen LogP contribution >= 0.6 is 0 Å². The number of rotatable bonds is 3. The van der Waals surface area contributed by atoms with Crippen LogP contribution in [-0.4, -0.2) is 53.1 Å². The number of nitrogens with two attached hydrogens (primary N) is 1. The largest absolute Gasteiger partial charge is 0.392 e. The molecular weight excluding hydrogens is 366 g/mol. The number of benzene rings is 1. The van der Waals surface area contributed by atoms with Gasteiger partial charge >= 0.3 is 11.4 Å². The molecule has 8 heteroatoms. The van der Waals surface area contributed by atoms with E-state index in [9.17, 15) is 4.79 Å². The quantitative estimate of drug-likeness (QED) is 0.688. The van der Waals surface area contributed by atoms with E-state index < -0.39 is 0 Å². The standard InChI is InChI=1S/C21H25N7O/c1-13-12-23-19(14(2)24-13)11-17(22)20-25-18-5-4-15(10-16(18)21(29)26-20)28-8-6-27(3)7-9-28/h4-5,10-12H,6-9,22H2,1-3H3,(H,25,26,29)/p+1. The van der Waals surface area contributed by atoms with Crippen molar-refractivity contribution in [3.63, 3.8) is 0 Å². The van der Waals surface area contributed by atoms with Crippen molar-refractivity contribution in [2.45, 2.75) is 13.8 Å². The predicted octanol–water partition coefficient (Wildman–Crippen LogP) is 0.958. The Morgan fingerprint density at radius 2 is 2.00 bits per heavy atom. The van der Waals surface area contributed by atoms with Crippen LogP contribution in [0.2, 0.25) is 0 Å². The highest BCUT2D eigenvalue weighted by Crippen LogP contribution is 2.19. The summed E-state index contributed by atoms with van der Waals surface area (Å²) in [6.07, 6.45) is 3.41. The molecule has 0 unspecified atom stereocenters. The molecule has 0 atom stereocenters. The van der Waals surface area contributed by atoms with Gasteiger partial charge in [-0.2, -0.15) is 0 Å². The molecule has 0 radical (unpaired) electrons. The molecule has 1 aliphatic heterocycles. The fraction of sp³-hybridized carbons (Fsp3) is 0.333. The Kier molecular flexibility index (Phi) is 5.02. The maximum atomic E-state index is 12.7. The number of likely N-dealkylation sites (N-methyl/N-ethyl adjacent to an activating group) is 1. The number of H-pyrrole nitrogens is 2. The second-order valence-electron chi connectivity index (χ2n) is 7.56. The summed E-state index contributed by atoms with van der Waals surface area (Å²) in [5.74, 6) is 0.455. The molecule has 4 rings (SSSR count). The van der Waals surface area contributed by atoms with E-state index in [2.05, 4.69) is 36.8 Å². The summed E-state index contributed by atoms with van der Waals surface area (Å²) in [6, 6.07) is 5.92. The van der Waals surface area contributed by atoms with Gasteiger partial charge in [0, 0.05) is 38.1 Å². The second-order valence-corrected chi connectivity index (χ2v) is 7.56. The summed E-state index contributed by atoms with van der Waals surface area (Å²) in [7, 11) is 2.13. The normalized spacial score (nSPS) is 15.8. The van der Waals surface area contributed by atoms with Crippen LogP contribution in [0, 0.1) is 13.8 Å². The van der Waals surface area contributed by atoms with Crippen molar-refractivity contribution in [2.24, 2.45) is 5.73 Å². The SMILES string of the molecule is Cc1cnc(C=C(N)c2[nH]c(=O)c3cc(N4CCN(C)CC4)ccc3[nH+]2)c(C)n1. The molecule has 29 heavy (non-hydrogen) atoms.